The number of likely N-dealkylation sites (tertiary alicyclic amines) is 1. The monoisotopic (exact) mass is 284 g/mol. The van der Waals surface area contributed by atoms with E-state index < -0.39 is 0 Å². The van der Waals surface area contributed by atoms with E-state index in [-0.39, 0.29) is 5.91 Å². The second-order valence-corrected chi connectivity index (χ2v) is 6.35. The summed E-state index contributed by atoms with van der Waals surface area (Å²) in [5.41, 5.74) is 2.59. The normalized spacial score (nSPS) is 18.8. The number of ether oxygens (including phenoxy) is 1. The zero-order chi connectivity index (χ0) is 14.4. The Morgan fingerprint density at radius 3 is 2.90 bits per heavy atom. The van der Waals surface area contributed by atoms with Gasteiger partial charge in [-0.15, -0.1) is 0 Å². The van der Waals surface area contributed by atoms with Crippen LogP contribution in [-0.2, 0) is 11.2 Å². The van der Waals surface area contributed by atoms with E-state index in [1.807, 2.05) is 36.2 Å². The summed E-state index contributed by atoms with van der Waals surface area (Å²) < 4.78 is 5.70. The first-order valence-corrected chi connectivity index (χ1v) is 7.70. The molecule has 21 heavy (non-hydrogen) atoms. The van der Waals surface area contributed by atoms with Gasteiger partial charge >= 0.3 is 0 Å². The smallest absolute Gasteiger partial charge is 0.227 e. The minimum Gasteiger partial charge on any atom is -0.493 e. The predicted molar refractivity (Wildman–Crippen MR) is 81.4 cm³/mol. The maximum Gasteiger partial charge on any atom is 0.227 e. The molecule has 2 aliphatic rings. The fraction of sp³-hybridized carbons (Fsp3) is 0.471. The fourth-order valence-corrected chi connectivity index (χ4v) is 3.34. The highest BCUT2D eigenvalue weighted by Crippen LogP contribution is 2.52. The molecule has 0 bridgehead atoms. The molecule has 1 saturated carbocycles. The largest absolute Gasteiger partial charge is 0.493 e. The lowest BCUT2D eigenvalue weighted by Gasteiger charge is -2.40. The van der Waals surface area contributed by atoms with Crippen molar-refractivity contribution in [2.75, 3.05) is 19.7 Å². The van der Waals surface area contributed by atoms with Crippen molar-refractivity contribution in [2.24, 2.45) is 5.41 Å². The Hall–Kier alpha value is -1.97. The SMILES string of the molecule is CCOc1cccc2[nH]cc(CC(=O)N3CC4(CC4)C3)c12. The topological polar surface area (TPSA) is 45.3 Å². The highest BCUT2D eigenvalue weighted by Gasteiger charge is 2.53. The predicted octanol–water partition coefficient (Wildman–Crippen LogP) is 2.73. The molecule has 0 radical (unpaired) electrons. The zero-order valence-corrected chi connectivity index (χ0v) is 12.3. The summed E-state index contributed by atoms with van der Waals surface area (Å²) in [5, 5.41) is 1.05. The molecule has 4 rings (SSSR count). The van der Waals surface area contributed by atoms with Crippen LogP contribution in [0.4, 0.5) is 0 Å². The molecule has 1 aliphatic heterocycles. The van der Waals surface area contributed by atoms with E-state index in [9.17, 15) is 4.79 Å². The van der Waals surface area contributed by atoms with E-state index >= 15 is 0 Å². The summed E-state index contributed by atoms with van der Waals surface area (Å²) in [6.07, 6.45) is 5.01. The van der Waals surface area contributed by atoms with Gasteiger partial charge in [-0.1, -0.05) is 6.07 Å². The molecule has 2 heterocycles. The van der Waals surface area contributed by atoms with Gasteiger partial charge in [-0.05, 0) is 37.5 Å². The first-order chi connectivity index (χ1) is 10.2. The van der Waals surface area contributed by atoms with Gasteiger partial charge in [-0.2, -0.15) is 0 Å². The van der Waals surface area contributed by atoms with Crippen LogP contribution in [-0.4, -0.2) is 35.5 Å². The number of rotatable bonds is 4. The van der Waals surface area contributed by atoms with Crippen molar-refractivity contribution in [2.45, 2.75) is 26.2 Å². The lowest BCUT2D eigenvalue weighted by Crippen LogP contribution is -2.52. The van der Waals surface area contributed by atoms with Gasteiger partial charge in [0.05, 0.1) is 13.0 Å². The molecule has 2 fully saturated rings. The molecule has 4 nitrogen and oxygen atoms in total. The number of hydrogen-bond acceptors (Lipinski definition) is 2. The van der Waals surface area contributed by atoms with E-state index in [1.165, 1.54) is 12.8 Å². The third kappa shape index (κ3) is 2.09. The summed E-state index contributed by atoms with van der Waals surface area (Å²) in [5.74, 6) is 1.10. The molecule has 1 aromatic heterocycles. The molecule has 1 N–H and O–H groups in total. The Morgan fingerprint density at radius 2 is 2.19 bits per heavy atom. The lowest BCUT2D eigenvalue weighted by molar-refractivity contribution is -0.137. The summed E-state index contributed by atoms with van der Waals surface area (Å²) >= 11 is 0. The number of nitrogens with one attached hydrogen (secondary N) is 1. The van der Waals surface area contributed by atoms with E-state index in [4.69, 9.17) is 4.74 Å². The van der Waals surface area contributed by atoms with E-state index in [0.29, 0.717) is 18.4 Å². The molecule has 1 amide bonds. The van der Waals surface area contributed by atoms with Gasteiger partial charge in [0.15, 0.2) is 0 Å². The van der Waals surface area contributed by atoms with Crippen molar-refractivity contribution in [3.8, 4) is 5.75 Å². The average molecular weight is 284 g/mol. The van der Waals surface area contributed by atoms with Gasteiger partial charge in [-0.25, -0.2) is 0 Å². The van der Waals surface area contributed by atoms with Crippen LogP contribution in [0.1, 0.15) is 25.3 Å². The van der Waals surface area contributed by atoms with Crippen LogP contribution in [0, 0.1) is 5.41 Å². The van der Waals surface area contributed by atoms with Crippen LogP contribution in [0.2, 0.25) is 0 Å². The molecule has 1 spiro atoms. The van der Waals surface area contributed by atoms with Crippen LogP contribution < -0.4 is 4.74 Å². The van der Waals surface area contributed by atoms with Crippen LogP contribution in [0.25, 0.3) is 10.9 Å². The average Bonchev–Trinajstić information content (AvgIpc) is 3.15. The van der Waals surface area contributed by atoms with Crippen molar-refractivity contribution in [3.63, 3.8) is 0 Å². The summed E-state index contributed by atoms with van der Waals surface area (Å²) in [6, 6.07) is 5.97. The minimum atomic E-state index is 0.236. The quantitative estimate of drug-likeness (QED) is 0.938. The third-order valence-corrected chi connectivity index (χ3v) is 4.75. The molecule has 110 valence electrons. The zero-order valence-electron chi connectivity index (χ0n) is 12.3. The number of hydrogen-bond donors (Lipinski definition) is 1. The summed E-state index contributed by atoms with van der Waals surface area (Å²) in [4.78, 5) is 17.6. The summed E-state index contributed by atoms with van der Waals surface area (Å²) in [6.45, 7) is 4.54. The van der Waals surface area contributed by atoms with Gasteiger partial charge in [0.25, 0.3) is 0 Å². The second-order valence-electron chi connectivity index (χ2n) is 6.35. The van der Waals surface area contributed by atoms with E-state index in [2.05, 4.69) is 4.98 Å². The molecule has 4 heteroatoms. The van der Waals surface area contributed by atoms with Crippen molar-refractivity contribution in [1.29, 1.82) is 0 Å². The number of aromatic amines is 1. The minimum absolute atomic E-state index is 0.236. The number of nitrogens with zero attached hydrogens (tertiary/aromatic N) is 1. The second kappa shape index (κ2) is 4.52. The number of carbonyl (C=O) groups is 1. The van der Waals surface area contributed by atoms with Gasteiger partial charge < -0.3 is 14.6 Å². The number of H-pyrrole nitrogens is 1. The Bertz CT molecular complexity index is 692. The first-order valence-electron chi connectivity index (χ1n) is 7.70. The maximum absolute atomic E-state index is 12.4. The molecule has 0 unspecified atom stereocenters. The number of amides is 1. The van der Waals surface area contributed by atoms with Gasteiger partial charge in [-0.3, -0.25) is 4.79 Å². The van der Waals surface area contributed by atoms with Gasteiger partial charge in [0, 0.05) is 35.6 Å². The molecule has 1 aliphatic carbocycles. The first kappa shape index (κ1) is 12.7. The Labute approximate surface area is 124 Å². The molecule has 1 saturated heterocycles. The van der Waals surface area contributed by atoms with Crippen LogP contribution in [0.5, 0.6) is 5.75 Å². The summed E-state index contributed by atoms with van der Waals surface area (Å²) in [7, 11) is 0. The Kier molecular flexibility index (Phi) is 2.74. The molecule has 2 aromatic rings. The van der Waals surface area contributed by atoms with Crippen molar-refractivity contribution < 1.29 is 9.53 Å². The number of benzene rings is 1. The van der Waals surface area contributed by atoms with Crippen LogP contribution in [0.3, 0.4) is 0 Å². The number of fused-ring (bicyclic) bond motifs is 1. The van der Waals surface area contributed by atoms with Crippen LogP contribution in [0.15, 0.2) is 24.4 Å². The third-order valence-electron chi connectivity index (χ3n) is 4.75. The van der Waals surface area contributed by atoms with E-state index in [1.54, 1.807) is 0 Å². The molecular formula is C17H20N2O2. The number of aromatic nitrogens is 1. The van der Waals surface area contributed by atoms with Crippen molar-refractivity contribution in [3.05, 3.63) is 30.0 Å². The Balaban J connectivity index is 1.56. The molecular weight excluding hydrogens is 264 g/mol. The van der Waals surface area contributed by atoms with Crippen molar-refractivity contribution >= 4 is 16.8 Å². The van der Waals surface area contributed by atoms with Crippen LogP contribution >= 0.6 is 0 Å². The van der Waals surface area contributed by atoms with Gasteiger partial charge in [0.2, 0.25) is 5.91 Å². The van der Waals surface area contributed by atoms with Gasteiger partial charge in [0.1, 0.15) is 5.75 Å². The number of carbonyl (C=O) groups excluding carboxylic acids is 1. The van der Waals surface area contributed by atoms with Crippen molar-refractivity contribution in [1.82, 2.24) is 9.88 Å². The highest BCUT2D eigenvalue weighted by atomic mass is 16.5. The fourth-order valence-electron chi connectivity index (χ4n) is 3.34. The lowest BCUT2D eigenvalue weighted by atomic mass is 9.96. The highest BCUT2D eigenvalue weighted by molar-refractivity contribution is 5.93. The van der Waals surface area contributed by atoms with E-state index in [0.717, 1.165) is 35.3 Å². The standard InChI is InChI=1S/C17H20N2O2/c1-2-21-14-5-3-4-13-16(14)12(9-18-13)8-15(20)19-10-17(11-19)6-7-17/h3-5,9,18H,2,6-8,10-11H2,1H3. The molecule has 1 aromatic carbocycles. The Morgan fingerprint density at radius 1 is 1.38 bits per heavy atom. The molecule has 0 atom stereocenters. The maximum atomic E-state index is 12.4.